The van der Waals surface area contributed by atoms with E-state index in [2.05, 4.69) is 6.92 Å². The van der Waals surface area contributed by atoms with Gasteiger partial charge in [-0.1, -0.05) is 26.2 Å². The zero-order valence-corrected chi connectivity index (χ0v) is 9.80. The quantitative estimate of drug-likeness (QED) is 0.773. The van der Waals surface area contributed by atoms with Crippen LogP contribution in [0.3, 0.4) is 0 Å². The first-order chi connectivity index (χ1) is 7.22. The first-order valence-corrected chi connectivity index (χ1v) is 6.46. The third kappa shape index (κ3) is 2.10. The number of hydrogen-bond donors (Lipinski definition) is 1. The Hall–Kier alpha value is -0.370. The largest absolute Gasteiger partial charge is 0.329 e. The van der Waals surface area contributed by atoms with Gasteiger partial charge in [-0.05, 0) is 31.6 Å². The van der Waals surface area contributed by atoms with E-state index >= 15 is 0 Å². The summed E-state index contributed by atoms with van der Waals surface area (Å²) in [6, 6.07) is 0. The Labute approximate surface area is 92.6 Å². The summed E-state index contributed by atoms with van der Waals surface area (Å²) in [6.45, 7) is 2.83. The van der Waals surface area contributed by atoms with E-state index in [-0.39, 0.29) is 5.41 Å². The zero-order chi connectivity index (χ0) is 10.9. The van der Waals surface area contributed by atoms with Crippen molar-refractivity contribution in [3.63, 3.8) is 0 Å². The summed E-state index contributed by atoms with van der Waals surface area (Å²) in [5.74, 6) is 1.64. The molecule has 0 aromatic heterocycles. The molecule has 86 valence electrons. The molecule has 2 aliphatic carbocycles. The van der Waals surface area contributed by atoms with E-state index in [0.717, 1.165) is 31.6 Å². The van der Waals surface area contributed by atoms with E-state index in [1.807, 2.05) is 0 Å². The predicted octanol–water partition coefficient (Wildman–Crippen LogP) is 2.51. The number of hydrogen-bond acceptors (Lipinski definition) is 2. The van der Waals surface area contributed by atoms with Crippen LogP contribution in [0.4, 0.5) is 0 Å². The Balaban J connectivity index is 1.95. The highest BCUT2D eigenvalue weighted by atomic mass is 16.1. The van der Waals surface area contributed by atoms with Gasteiger partial charge in [0, 0.05) is 17.9 Å². The standard InChI is InChI=1S/C13H23NO/c1-2-10-4-3-5-11(8-10)12(15)13(9-14)6-7-13/h10-11H,2-9,14H2,1H3. The lowest BCUT2D eigenvalue weighted by Gasteiger charge is -2.29. The van der Waals surface area contributed by atoms with Gasteiger partial charge in [-0.15, -0.1) is 0 Å². The van der Waals surface area contributed by atoms with E-state index in [1.165, 1.54) is 19.3 Å². The van der Waals surface area contributed by atoms with Gasteiger partial charge in [0.2, 0.25) is 0 Å². The minimum Gasteiger partial charge on any atom is -0.329 e. The second-order valence-electron chi connectivity index (χ2n) is 5.49. The van der Waals surface area contributed by atoms with Crippen molar-refractivity contribution in [2.24, 2.45) is 23.0 Å². The Morgan fingerprint density at radius 2 is 2.13 bits per heavy atom. The summed E-state index contributed by atoms with van der Waals surface area (Å²) in [4.78, 5) is 12.3. The summed E-state index contributed by atoms with van der Waals surface area (Å²) < 4.78 is 0. The fraction of sp³-hybridized carbons (Fsp3) is 0.923. The topological polar surface area (TPSA) is 43.1 Å². The molecule has 0 amide bonds. The van der Waals surface area contributed by atoms with E-state index < -0.39 is 0 Å². The van der Waals surface area contributed by atoms with Crippen molar-refractivity contribution in [1.82, 2.24) is 0 Å². The minimum atomic E-state index is -0.0691. The molecule has 2 aliphatic rings. The van der Waals surface area contributed by atoms with Crippen molar-refractivity contribution in [1.29, 1.82) is 0 Å². The zero-order valence-electron chi connectivity index (χ0n) is 9.80. The van der Waals surface area contributed by atoms with Crippen molar-refractivity contribution in [3.05, 3.63) is 0 Å². The van der Waals surface area contributed by atoms with E-state index in [1.54, 1.807) is 0 Å². The van der Waals surface area contributed by atoms with Gasteiger partial charge in [-0.3, -0.25) is 4.79 Å². The van der Waals surface area contributed by atoms with Crippen LogP contribution in [-0.2, 0) is 4.79 Å². The van der Waals surface area contributed by atoms with Crippen LogP contribution in [0.1, 0.15) is 51.9 Å². The molecule has 2 rings (SSSR count). The van der Waals surface area contributed by atoms with Crippen LogP contribution in [-0.4, -0.2) is 12.3 Å². The number of ketones is 1. The van der Waals surface area contributed by atoms with E-state index in [9.17, 15) is 4.79 Å². The number of nitrogens with two attached hydrogens (primary N) is 1. The summed E-state index contributed by atoms with van der Waals surface area (Å²) in [5.41, 5.74) is 5.65. The highest BCUT2D eigenvalue weighted by Gasteiger charge is 2.50. The van der Waals surface area contributed by atoms with Crippen LogP contribution >= 0.6 is 0 Å². The van der Waals surface area contributed by atoms with Gasteiger partial charge in [0.15, 0.2) is 0 Å². The first-order valence-electron chi connectivity index (χ1n) is 6.46. The number of carbonyl (C=O) groups excluding carboxylic acids is 1. The van der Waals surface area contributed by atoms with Gasteiger partial charge >= 0.3 is 0 Å². The Morgan fingerprint density at radius 1 is 1.40 bits per heavy atom. The summed E-state index contributed by atoms with van der Waals surface area (Å²) in [7, 11) is 0. The molecule has 2 atom stereocenters. The maximum absolute atomic E-state index is 12.3. The molecule has 0 aromatic rings. The second kappa shape index (κ2) is 4.25. The molecule has 0 radical (unpaired) electrons. The van der Waals surface area contributed by atoms with Gasteiger partial charge in [-0.2, -0.15) is 0 Å². The van der Waals surface area contributed by atoms with E-state index in [0.29, 0.717) is 18.2 Å². The molecule has 15 heavy (non-hydrogen) atoms. The predicted molar refractivity (Wildman–Crippen MR) is 61.5 cm³/mol. The molecule has 2 fully saturated rings. The Kier molecular flexibility index (Phi) is 3.15. The average molecular weight is 209 g/mol. The number of carbonyl (C=O) groups is 1. The van der Waals surface area contributed by atoms with Gasteiger partial charge < -0.3 is 5.73 Å². The molecule has 2 saturated carbocycles. The molecule has 2 heteroatoms. The smallest absolute Gasteiger partial charge is 0.143 e. The van der Waals surface area contributed by atoms with Crippen molar-refractivity contribution in [3.8, 4) is 0 Å². The number of Topliss-reactive ketones (excluding diaryl/α,β-unsaturated/α-hetero) is 1. The maximum Gasteiger partial charge on any atom is 0.143 e. The molecule has 0 bridgehead atoms. The van der Waals surface area contributed by atoms with Gasteiger partial charge in [-0.25, -0.2) is 0 Å². The molecule has 0 spiro atoms. The first kappa shape index (κ1) is 11.1. The SMILES string of the molecule is CCC1CCCC(C(=O)C2(CN)CC2)C1. The van der Waals surface area contributed by atoms with Crippen molar-refractivity contribution in [2.45, 2.75) is 51.9 Å². The highest BCUT2D eigenvalue weighted by Crippen LogP contribution is 2.49. The van der Waals surface area contributed by atoms with Crippen LogP contribution in [0.5, 0.6) is 0 Å². The lowest BCUT2D eigenvalue weighted by atomic mass is 9.75. The lowest BCUT2D eigenvalue weighted by Crippen LogP contribution is -2.33. The Morgan fingerprint density at radius 3 is 2.67 bits per heavy atom. The minimum absolute atomic E-state index is 0.0691. The molecular weight excluding hydrogens is 186 g/mol. The van der Waals surface area contributed by atoms with Crippen molar-refractivity contribution >= 4 is 5.78 Å². The second-order valence-corrected chi connectivity index (χ2v) is 5.49. The van der Waals surface area contributed by atoms with Crippen LogP contribution in [0, 0.1) is 17.3 Å². The van der Waals surface area contributed by atoms with Gasteiger partial charge in [0.1, 0.15) is 5.78 Å². The molecule has 0 aliphatic heterocycles. The Bertz CT molecular complexity index is 245. The molecule has 2 unspecified atom stereocenters. The monoisotopic (exact) mass is 209 g/mol. The van der Waals surface area contributed by atoms with E-state index in [4.69, 9.17) is 5.73 Å². The maximum atomic E-state index is 12.3. The van der Waals surface area contributed by atoms with Crippen molar-refractivity contribution in [2.75, 3.05) is 6.54 Å². The van der Waals surface area contributed by atoms with Crippen LogP contribution < -0.4 is 5.73 Å². The normalized spacial score (nSPS) is 33.7. The van der Waals surface area contributed by atoms with Crippen molar-refractivity contribution < 1.29 is 4.79 Å². The molecular formula is C13H23NO. The molecule has 0 saturated heterocycles. The van der Waals surface area contributed by atoms with Crippen LogP contribution in [0.15, 0.2) is 0 Å². The molecule has 0 aromatic carbocycles. The summed E-state index contributed by atoms with van der Waals surface area (Å²) in [5, 5.41) is 0. The fourth-order valence-electron chi connectivity index (χ4n) is 3.03. The highest BCUT2D eigenvalue weighted by molar-refractivity contribution is 5.89. The lowest BCUT2D eigenvalue weighted by molar-refractivity contribution is -0.129. The average Bonchev–Trinajstić information content (AvgIpc) is 3.09. The third-order valence-electron chi connectivity index (χ3n) is 4.50. The third-order valence-corrected chi connectivity index (χ3v) is 4.50. The summed E-state index contributed by atoms with van der Waals surface area (Å²) >= 11 is 0. The van der Waals surface area contributed by atoms with Gasteiger partial charge in [0.05, 0.1) is 0 Å². The summed E-state index contributed by atoms with van der Waals surface area (Å²) in [6.07, 6.45) is 8.17. The van der Waals surface area contributed by atoms with Crippen LogP contribution in [0.25, 0.3) is 0 Å². The number of rotatable bonds is 4. The molecule has 2 nitrogen and oxygen atoms in total. The fourth-order valence-corrected chi connectivity index (χ4v) is 3.03. The van der Waals surface area contributed by atoms with Crippen LogP contribution in [0.2, 0.25) is 0 Å². The molecule has 0 heterocycles. The molecule has 2 N–H and O–H groups in total. The van der Waals surface area contributed by atoms with Gasteiger partial charge in [0.25, 0.3) is 0 Å².